The van der Waals surface area contributed by atoms with Crippen LogP contribution >= 0.6 is 22.9 Å². The number of halogens is 1. The van der Waals surface area contributed by atoms with Crippen molar-refractivity contribution in [3.05, 3.63) is 58.1 Å². The van der Waals surface area contributed by atoms with Crippen molar-refractivity contribution in [1.29, 1.82) is 0 Å². The van der Waals surface area contributed by atoms with E-state index in [0.717, 1.165) is 21.3 Å². The number of aryl methyl sites for hydroxylation is 2. The molecular formula is C18H15ClN2O3S. The molecule has 0 aliphatic rings. The molecule has 0 unspecified atom stereocenters. The van der Waals surface area contributed by atoms with E-state index in [1.165, 1.54) is 11.3 Å². The minimum absolute atomic E-state index is 0.225. The Balaban J connectivity index is 1.64. The molecule has 128 valence electrons. The standard InChI is InChI=1S/C18H15ClN2O3S/c1-10-7-11(2)16-14(8-10)25-18(21-16)20-15(22)9-24-17(23)12-5-3-4-6-13(12)19/h3-8H,9H2,1-2H3,(H,20,21,22). The number of rotatable bonds is 4. The van der Waals surface area contributed by atoms with Crippen LogP contribution in [-0.4, -0.2) is 23.5 Å². The zero-order valence-corrected chi connectivity index (χ0v) is 15.2. The lowest BCUT2D eigenvalue weighted by Crippen LogP contribution is -2.20. The SMILES string of the molecule is Cc1cc(C)c2nc(NC(=O)COC(=O)c3ccccc3Cl)sc2c1. The Morgan fingerprint density at radius 1 is 1.24 bits per heavy atom. The van der Waals surface area contributed by atoms with E-state index in [1.54, 1.807) is 24.3 Å². The van der Waals surface area contributed by atoms with Gasteiger partial charge in [-0.05, 0) is 43.2 Å². The second-order valence-electron chi connectivity index (χ2n) is 5.55. The molecule has 1 heterocycles. The van der Waals surface area contributed by atoms with Gasteiger partial charge in [0.05, 0.1) is 20.8 Å². The molecule has 1 N–H and O–H groups in total. The van der Waals surface area contributed by atoms with E-state index < -0.39 is 18.5 Å². The number of aromatic nitrogens is 1. The van der Waals surface area contributed by atoms with Gasteiger partial charge < -0.3 is 4.74 Å². The van der Waals surface area contributed by atoms with Gasteiger partial charge in [0.1, 0.15) is 0 Å². The van der Waals surface area contributed by atoms with E-state index in [-0.39, 0.29) is 10.6 Å². The number of nitrogens with one attached hydrogen (secondary N) is 1. The monoisotopic (exact) mass is 374 g/mol. The van der Waals surface area contributed by atoms with Gasteiger partial charge in [0.2, 0.25) is 0 Å². The lowest BCUT2D eigenvalue weighted by Gasteiger charge is -2.05. The molecule has 0 spiro atoms. The Morgan fingerprint density at radius 2 is 2.00 bits per heavy atom. The van der Waals surface area contributed by atoms with Gasteiger partial charge in [-0.1, -0.05) is 41.1 Å². The summed E-state index contributed by atoms with van der Waals surface area (Å²) >= 11 is 7.31. The van der Waals surface area contributed by atoms with Crippen molar-refractivity contribution >= 4 is 50.2 Å². The highest BCUT2D eigenvalue weighted by Gasteiger charge is 2.14. The summed E-state index contributed by atoms with van der Waals surface area (Å²) in [5.74, 6) is -1.09. The molecule has 0 bridgehead atoms. The number of nitrogens with zero attached hydrogens (tertiary/aromatic N) is 1. The third kappa shape index (κ3) is 3.97. The molecule has 5 nitrogen and oxygen atoms in total. The van der Waals surface area contributed by atoms with Crippen LogP contribution < -0.4 is 5.32 Å². The third-order valence-electron chi connectivity index (χ3n) is 3.50. The number of benzene rings is 2. The maximum Gasteiger partial charge on any atom is 0.340 e. The third-order valence-corrected chi connectivity index (χ3v) is 4.75. The fourth-order valence-corrected chi connectivity index (χ4v) is 3.69. The second-order valence-corrected chi connectivity index (χ2v) is 6.99. The Labute approximate surface area is 153 Å². The smallest absolute Gasteiger partial charge is 0.340 e. The predicted octanol–water partition coefficient (Wildman–Crippen LogP) is 4.36. The predicted molar refractivity (Wildman–Crippen MR) is 99.5 cm³/mol. The summed E-state index contributed by atoms with van der Waals surface area (Å²) in [5.41, 5.74) is 3.28. The van der Waals surface area contributed by atoms with E-state index in [2.05, 4.69) is 10.3 Å². The van der Waals surface area contributed by atoms with Crippen LogP contribution in [-0.2, 0) is 9.53 Å². The second kappa shape index (κ2) is 7.21. The van der Waals surface area contributed by atoms with Crippen LogP contribution in [0.25, 0.3) is 10.2 Å². The molecule has 25 heavy (non-hydrogen) atoms. The summed E-state index contributed by atoms with van der Waals surface area (Å²) in [6.07, 6.45) is 0. The van der Waals surface area contributed by atoms with Crippen molar-refractivity contribution in [2.45, 2.75) is 13.8 Å². The topological polar surface area (TPSA) is 68.3 Å². The van der Waals surface area contributed by atoms with Crippen LogP contribution in [0.1, 0.15) is 21.5 Å². The van der Waals surface area contributed by atoms with Crippen molar-refractivity contribution in [1.82, 2.24) is 4.98 Å². The van der Waals surface area contributed by atoms with Crippen LogP contribution in [0.2, 0.25) is 5.02 Å². The molecule has 1 aromatic heterocycles. The first kappa shape index (κ1) is 17.4. The van der Waals surface area contributed by atoms with Crippen LogP contribution in [0.4, 0.5) is 5.13 Å². The van der Waals surface area contributed by atoms with Crippen molar-refractivity contribution in [3.8, 4) is 0 Å². The molecule has 0 radical (unpaired) electrons. The Hall–Kier alpha value is -2.44. The van der Waals surface area contributed by atoms with E-state index in [0.29, 0.717) is 5.13 Å². The molecule has 1 amide bonds. The van der Waals surface area contributed by atoms with E-state index in [4.69, 9.17) is 16.3 Å². The summed E-state index contributed by atoms with van der Waals surface area (Å²) < 4.78 is 6.00. The molecule has 3 rings (SSSR count). The molecule has 0 fully saturated rings. The quantitative estimate of drug-likeness (QED) is 0.689. The molecular weight excluding hydrogens is 360 g/mol. The zero-order valence-electron chi connectivity index (χ0n) is 13.6. The summed E-state index contributed by atoms with van der Waals surface area (Å²) in [7, 11) is 0. The minimum Gasteiger partial charge on any atom is -0.452 e. The average molecular weight is 375 g/mol. The highest BCUT2D eigenvalue weighted by atomic mass is 35.5. The first-order valence-electron chi connectivity index (χ1n) is 7.53. The van der Waals surface area contributed by atoms with Gasteiger partial charge in [-0.15, -0.1) is 0 Å². The number of carbonyl (C=O) groups excluding carboxylic acids is 2. The normalized spacial score (nSPS) is 10.7. The first-order valence-corrected chi connectivity index (χ1v) is 8.73. The lowest BCUT2D eigenvalue weighted by atomic mass is 10.1. The number of hydrogen-bond donors (Lipinski definition) is 1. The average Bonchev–Trinajstić information content (AvgIpc) is 2.95. The minimum atomic E-state index is -0.642. The first-order chi connectivity index (χ1) is 11.9. The highest BCUT2D eigenvalue weighted by Crippen LogP contribution is 2.29. The molecule has 3 aromatic rings. The molecule has 0 saturated heterocycles. The Bertz CT molecular complexity index is 968. The number of amides is 1. The van der Waals surface area contributed by atoms with Gasteiger partial charge in [0.25, 0.3) is 5.91 Å². The van der Waals surface area contributed by atoms with Gasteiger partial charge in [-0.2, -0.15) is 0 Å². The maximum absolute atomic E-state index is 12.0. The fourth-order valence-electron chi connectivity index (χ4n) is 2.42. The number of anilines is 1. The summed E-state index contributed by atoms with van der Waals surface area (Å²) in [6, 6.07) is 10.6. The summed E-state index contributed by atoms with van der Waals surface area (Å²) in [4.78, 5) is 28.4. The van der Waals surface area contributed by atoms with Gasteiger partial charge in [-0.3, -0.25) is 10.1 Å². The Morgan fingerprint density at radius 3 is 2.76 bits per heavy atom. The van der Waals surface area contributed by atoms with Gasteiger partial charge in [0, 0.05) is 0 Å². The van der Waals surface area contributed by atoms with Crippen LogP contribution in [0.3, 0.4) is 0 Å². The fraction of sp³-hybridized carbons (Fsp3) is 0.167. The summed E-state index contributed by atoms with van der Waals surface area (Å²) in [5, 5.41) is 3.41. The maximum atomic E-state index is 12.0. The molecule has 0 saturated carbocycles. The van der Waals surface area contributed by atoms with Crippen molar-refractivity contribution < 1.29 is 14.3 Å². The summed E-state index contributed by atoms with van der Waals surface area (Å²) in [6.45, 7) is 3.59. The van der Waals surface area contributed by atoms with Gasteiger partial charge in [-0.25, -0.2) is 9.78 Å². The van der Waals surface area contributed by atoms with Crippen molar-refractivity contribution in [2.24, 2.45) is 0 Å². The highest BCUT2D eigenvalue weighted by molar-refractivity contribution is 7.22. The number of fused-ring (bicyclic) bond motifs is 1. The van der Waals surface area contributed by atoms with Crippen molar-refractivity contribution in [2.75, 3.05) is 11.9 Å². The van der Waals surface area contributed by atoms with Crippen molar-refractivity contribution in [3.63, 3.8) is 0 Å². The van der Waals surface area contributed by atoms with E-state index >= 15 is 0 Å². The molecule has 0 atom stereocenters. The zero-order chi connectivity index (χ0) is 18.0. The largest absolute Gasteiger partial charge is 0.452 e. The molecule has 0 aliphatic carbocycles. The van der Waals surface area contributed by atoms with E-state index in [1.807, 2.05) is 26.0 Å². The van der Waals surface area contributed by atoms with Gasteiger partial charge >= 0.3 is 5.97 Å². The molecule has 0 aliphatic heterocycles. The number of ether oxygens (including phenoxy) is 1. The number of esters is 1. The lowest BCUT2D eigenvalue weighted by molar-refractivity contribution is -0.119. The van der Waals surface area contributed by atoms with Crippen LogP contribution in [0.5, 0.6) is 0 Å². The number of thiazole rings is 1. The van der Waals surface area contributed by atoms with Gasteiger partial charge in [0.15, 0.2) is 11.7 Å². The molecule has 7 heteroatoms. The van der Waals surface area contributed by atoms with E-state index in [9.17, 15) is 9.59 Å². The van der Waals surface area contributed by atoms with Crippen LogP contribution in [0.15, 0.2) is 36.4 Å². The van der Waals surface area contributed by atoms with Crippen LogP contribution in [0, 0.1) is 13.8 Å². The Kier molecular flexibility index (Phi) is 5.01. The molecule has 2 aromatic carbocycles. The number of carbonyl (C=O) groups is 2. The number of hydrogen-bond acceptors (Lipinski definition) is 5.